The molecule has 2 heterocycles. The Labute approximate surface area is 168 Å². The molecule has 0 unspecified atom stereocenters. The smallest absolute Gasteiger partial charge is 0.234 e. The van der Waals surface area contributed by atoms with Crippen LogP contribution in [0.3, 0.4) is 0 Å². The second-order valence-corrected chi connectivity index (χ2v) is 9.81. The lowest BCUT2D eigenvalue weighted by atomic mass is 10.1. The van der Waals surface area contributed by atoms with E-state index in [0.29, 0.717) is 48.9 Å². The quantitative estimate of drug-likeness (QED) is 0.529. The van der Waals surface area contributed by atoms with Gasteiger partial charge in [0.25, 0.3) is 0 Å². The summed E-state index contributed by atoms with van der Waals surface area (Å²) in [6.07, 6.45) is 0.630. The van der Waals surface area contributed by atoms with E-state index in [0.717, 1.165) is 16.2 Å². The lowest BCUT2D eigenvalue weighted by molar-refractivity contribution is 0.102. The van der Waals surface area contributed by atoms with Crippen LogP contribution in [0, 0.1) is 0 Å². The number of fused-ring (bicyclic) bond motifs is 2. The number of anilines is 1. The average molecular weight is 420 g/mol. The molecule has 0 saturated carbocycles. The first-order valence-corrected chi connectivity index (χ1v) is 11.8. The van der Waals surface area contributed by atoms with Gasteiger partial charge in [-0.15, -0.1) is 11.8 Å². The van der Waals surface area contributed by atoms with Crippen LogP contribution in [0.5, 0.6) is 11.5 Å². The van der Waals surface area contributed by atoms with Gasteiger partial charge >= 0.3 is 0 Å². The first kappa shape index (κ1) is 19.1. The molecule has 0 bridgehead atoms. The number of hydrogen-bond donors (Lipinski definition) is 0. The highest BCUT2D eigenvalue weighted by atomic mass is 32.2. The summed E-state index contributed by atoms with van der Waals surface area (Å²) in [5.74, 6) is 1.82. The molecule has 2 aliphatic rings. The molecule has 0 saturated heterocycles. The summed E-state index contributed by atoms with van der Waals surface area (Å²) < 4.78 is 36.9. The summed E-state index contributed by atoms with van der Waals surface area (Å²) >= 11 is 1.45. The largest absolute Gasteiger partial charge is 0.486 e. The van der Waals surface area contributed by atoms with Crippen molar-refractivity contribution in [2.45, 2.75) is 18.2 Å². The van der Waals surface area contributed by atoms with Crippen LogP contribution in [0.15, 0.2) is 41.3 Å². The Bertz CT molecular complexity index is 1020. The van der Waals surface area contributed by atoms with Gasteiger partial charge in [-0.25, -0.2) is 8.42 Å². The molecule has 0 radical (unpaired) electrons. The Morgan fingerprint density at radius 2 is 1.89 bits per heavy atom. The summed E-state index contributed by atoms with van der Waals surface area (Å²) in [5.41, 5.74) is 2.21. The van der Waals surface area contributed by atoms with Crippen molar-refractivity contribution in [2.75, 3.05) is 35.6 Å². The van der Waals surface area contributed by atoms with Crippen LogP contribution in [0.2, 0.25) is 0 Å². The molecule has 2 aromatic rings. The van der Waals surface area contributed by atoms with Crippen LogP contribution in [0.25, 0.3) is 0 Å². The van der Waals surface area contributed by atoms with Gasteiger partial charge in [-0.3, -0.25) is 9.10 Å². The van der Waals surface area contributed by atoms with Gasteiger partial charge in [-0.2, -0.15) is 0 Å². The third-order valence-electron chi connectivity index (χ3n) is 4.84. The van der Waals surface area contributed by atoms with Crippen molar-refractivity contribution in [1.29, 1.82) is 0 Å². The van der Waals surface area contributed by atoms with Crippen LogP contribution in [-0.4, -0.2) is 45.5 Å². The maximum Gasteiger partial charge on any atom is 0.234 e. The minimum absolute atomic E-state index is 0.0134. The maximum atomic E-state index is 12.6. The molecule has 4 rings (SSSR count). The summed E-state index contributed by atoms with van der Waals surface area (Å²) in [7, 11) is -3.28. The van der Waals surface area contributed by atoms with Crippen molar-refractivity contribution >= 4 is 33.3 Å². The molecule has 0 fully saturated rings. The number of carbonyl (C=O) groups excluding carboxylic acids is 1. The fourth-order valence-corrected chi connectivity index (χ4v) is 5.31. The van der Waals surface area contributed by atoms with E-state index >= 15 is 0 Å². The van der Waals surface area contributed by atoms with Gasteiger partial charge in [0.1, 0.15) is 13.2 Å². The predicted molar refractivity (Wildman–Crippen MR) is 109 cm³/mol. The number of rotatable bonds is 6. The maximum absolute atomic E-state index is 12.6. The molecule has 8 heteroatoms. The minimum atomic E-state index is -3.28. The fraction of sp³-hybridized carbons (Fsp3) is 0.350. The van der Waals surface area contributed by atoms with Gasteiger partial charge in [0, 0.05) is 17.0 Å². The number of hydrogen-bond acceptors (Lipinski definition) is 6. The number of Topliss-reactive ketones (excluding diaryl/α,β-unsaturated/α-hetero) is 1. The Morgan fingerprint density at radius 3 is 2.68 bits per heavy atom. The number of sulfonamides is 1. The molecular weight excluding hydrogens is 398 g/mol. The molecule has 0 amide bonds. The van der Waals surface area contributed by atoms with E-state index in [4.69, 9.17) is 9.47 Å². The number of ketones is 1. The third-order valence-corrected chi connectivity index (χ3v) is 7.61. The highest BCUT2D eigenvalue weighted by Gasteiger charge is 2.28. The van der Waals surface area contributed by atoms with E-state index in [1.54, 1.807) is 19.1 Å². The molecule has 0 spiro atoms. The Hall–Kier alpha value is -2.19. The van der Waals surface area contributed by atoms with Crippen LogP contribution >= 0.6 is 11.8 Å². The zero-order valence-electron chi connectivity index (χ0n) is 15.5. The Kier molecular flexibility index (Phi) is 5.25. The lowest BCUT2D eigenvalue weighted by Crippen LogP contribution is -2.30. The molecule has 2 aromatic carbocycles. The predicted octanol–water partition coefficient (Wildman–Crippen LogP) is 3.15. The summed E-state index contributed by atoms with van der Waals surface area (Å²) in [4.78, 5) is 13.6. The van der Waals surface area contributed by atoms with Gasteiger partial charge in [-0.1, -0.05) is 0 Å². The van der Waals surface area contributed by atoms with Gasteiger partial charge in [0.05, 0.1) is 17.2 Å². The second-order valence-electron chi connectivity index (χ2n) is 6.58. The van der Waals surface area contributed by atoms with E-state index in [1.165, 1.54) is 16.1 Å². The van der Waals surface area contributed by atoms with Crippen molar-refractivity contribution in [3.8, 4) is 11.5 Å². The lowest BCUT2D eigenvalue weighted by Gasteiger charge is -2.19. The van der Waals surface area contributed by atoms with Gasteiger partial charge in [-0.05, 0) is 55.3 Å². The number of benzene rings is 2. The highest BCUT2D eigenvalue weighted by molar-refractivity contribution is 8.00. The molecule has 0 atom stereocenters. The Balaban J connectivity index is 1.45. The third kappa shape index (κ3) is 3.71. The topological polar surface area (TPSA) is 72.9 Å². The first-order valence-electron chi connectivity index (χ1n) is 9.17. The van der Waals surface area contributed by atoms with Gasteiger partial charge in [0.2, 0.25) is 10.0 Å². The molecule has 6 nitrogen and oxygen atoms in total. The fourth-order valence-electron chi connectivity index (χ4n) is 3.34. The standard InChI is InChI=1S/C20H21NO5S2/c1-2-28(23,24)21-8-7-14-11-15(3-5-17(14)21)18(22)13-27-16-4-6-19-20(12-16)26-10-9-25-19/h3-6,11-12H,2,7-10,13H2,1H3. The number of thioether (sulfide) groups is 1. The van der Waals surface area contributed by atoms with Crippen molar-refractivity contribution in [1.82, 2.24) is 0 Å². The van der Waals surface area contributed by atoms with Crippen molar-refractivity contribution in [3.05, 3.63) is 47.5 Å². The normalized spacial score (nSPS) is 15.4. The van der Waals surface area contributed by atoms with Crippen LogP contribution < -0.4 is 13.8 Å². The first-order chi connectivity index (χ1) is 13.5. The number of carbonyl (C=O) groups is 1. The van der Waals surface area contributed by atoms with E-state index in [2.05, 4.69) is 0 Å². The highest BCUT2D eigenvalue weighted by Crippen LogP contribution is 2.35. The molecule has 0 aliphatic carbocycles. The van der Waals surface area contributed by atoms with Gasteiger partial charge in [0.15, 0.2) is 17.3 Å². The van der Waals surface area contributed by atoms with E-state index < -0.39 is 10.0 Å². The SMILES string of the molecule is CCS(=O)(=O)N1CCc2cc(C(=O)CSc3ccc4c(c3)OCCO4)ccc21. The molecular formula is C20H21NO5S2. The molecule has 2 aliphatic heterocycles. The summed E-state index contributed by atoms with van der Waals surface area (Å²) in [6, 6.07) is 11.0. The van der Waals surface area contributed by atoms with Crippen LogP contribution in [-0.2, 0) is 16.4 Å². The summed E-state index contributed by atoms with van der Waals surface area (Å²) in [6.45, 7) is 3.16. The van der Waals surface area contributed by atoms with Gasteiger partial charge < -0.3 is 9.47 Å². The number of nitrogens with zero attached hydrogens (tertiary/aromatic N) is 1. The number of ether oxygens (including phenoxy) is 2. The van der Waals surface area contributed by atoms with Crippen molar-refractivity contribution < 1.29 is 22.7 Å². The van der Waals surface area contributed by atoms with E-state index in [-0.39, 0.29) is 11.5 Å². The monoisotopic (exact) mass is 419 g/mol. The van der Waals surface area contributed by atoms with E-state index in [1.807, 2.05) is 24.3 Å². The summed E-state index contributed by atoms with van der Waals surface area (Å²) in [5, 5.41) is 0. The molecule has 0 aromatic heterocycles. The van der Waals surface area contributed by atoms with Crippen molar-refractivity contribution in [2.24, 2.45) is 0 Å². The zero-order valence-corrected chi connectivity index (χ0v) is 17.1. The molecule has 28 heavy (non-hydrogen) atoms. The van der Waals surface area contributed by atoms with Crippen molar-refractivity contribution in [3.63, 3.8) is 0 Å². The zero-order chi connectivity index (χ0) is 19.7. The van der Waals surface area contributed by atoms with E-state index in [9.17, 15) is 13.2 Å². The minimum Gasteiger partial charge on any atom is -0.486 e. The average Bonchev–Trinajstić information content (AvgIpc) is 3.16. The van der Waals surface area contributed by atoms with Crippen LogP contribution in [0.1, 0.15) is 22.8 Å². The molecule has 0 N–H and O–H groups in total. The molecule has 148 valence electrons. The van der Waals surface area contributed by atoms with Crippen LogP contribution in [0.4, 0.5) is 5.69 Å². The second kappa shape index (κ2) is 7.67. The Morgan fingerprint density at radius 1 is 1.11 bits per heavy atom.